The molecule has 1 saturated heterocycles. The third kappa shape index (κ3) is 4.31. The highest BCUT2D eigenvalue weighted by molar-refractivity contribution is 5.90. The predicted molar refractivity (Wildman–Crippen MR) is 121 cm³/mol. The van der Waals surface area contributed by atoms with Gasteiger partial charge in [-0.2, -0.15) is 0 Å². The minimum atomic E-state index is -0.417. The van der Waals surface area contributed by atoms with Gasteiger partial charge in [0.25, 0.3) is 0 Å². The number of esters is 2. The second-order valence-corrected chi connectivity index (χ2v) is 9.68. The molecule has 2 aliphatic carbocycles. The van der Waals surface area contributed by atoms with Gasteiger partial charge in [0.2, 0.25) is 0 Å². The standard InChI is InChI=1S/C27H31NO4/c1-28-13-12-20-14-21-16-24(31-26(29)18-8-4-2-5-9-18)25(17-22(21)15-23(20)28)32-27(30)19-10-6-3-7-11-19/h2-11,20-25H,12-17H2,1H3. The van der Waals surface area contributed by atoms with Crippen molar-refractivity contribution in [2.75, 3.05) is 13.6 Å². The van der Waals surface area contributed by atoms with Gasteiger partial charge in [0.05, 0.1) is 11.1 Å². The molecule has 5 nitrogen and oxygen atoms in total. The Morgan fingerprint density at radius 1 is 0.719 bits per heavy atom. The third-order valence-electron chi connectivity index (χ3n) is 7.80. The van der Waals surface area contributed by atoms with Crippen LogP contribution in [0.15, 0.2) is 60.7 Å². The fourth-order valence-corrected chi connectivity index (χ4v) is 6.10. The zero-order chi connectivity index (χ0) is 22.1. The van der Waals surface area contributed by atoms with Crippen LogP contribution in [-0.4, -0.2) is 48.7 Å². The average molecular weight is 434 g/mol. The number of likely N-dealkylation sites (tertiary alicyclic amines) is 1. The molecule has 0 spiro atoms. The summed E-state index contributed by atoms with van der Waals surface area (Å²) in [6, 6.07) is 18.8. The van der Waals surface area contributed by atoms with Crippen LogP contribution in [0.5, 0.6) is 0 Å². The number of nitrogens with zero attached hydrogens (tertiary/aromatic N) is 1. The zero-order valence-electron chi connectivity index (χ0n) is 18.6. The number of benzene rings is 2. The van der Waals surface area contributed by atoms with Crippen LogP contribution in [-0.2, 0) is 9.47 Å². The topological polar surface area (TPSA) is 55.8 Å². The molecule has 32 heavy (non-hydrogen) atoms. The van der Waals surface area contributed by atoms with Gasteiger partial charge in [-0.3, -0.25) is 0 Å². The minimum absolute atomic E-state index is 0.343. The Balaban J connectivity index is 1.34. The highest BCUT2D eigenvalue weighted by atomic mass is 16.6. The smallest absolute Gasteiger partial charge is 0.338 e. The molecule has 0 bridgehead atoms. The van der Waals surface area contributed by atoms with Crippen LogP contribution in [0.4, 0.5) is 0 Å². The van der Waals surface area contributed by atoms with Gasteiger partial charge in [0, 0.05) is 6.04 Å². The molecule has 0 aromatic heterocycles. The molecule has 3 aliphatic rings. The van der Waals surface area contributed by atoms with Gasteiger partial charge in [0.1, 0.15) is 12.2 Å². The molecule has 6 unspecified atom stereocenters. The van der Waals surface area contributed by atoms with Crippen molar-refractivity contribution in [3.8, 4) is 0 Å². The Morgan fingerprint density at radius 3 is 1.75 bits per heavy atom. The number of fused-ring (bicyclic) bond motifs is 2. The molecule has 0 amide bonds. The van der Waals surface area contributed by atoms with Gasteiger partial charge in [-0.05, 0) is 87.7 Å². The van der Waals surface area contributed by atoms with Crippen molar-refractivity contribution in [3.63, 3.8) is 0 Å². The normalized spacial score (nSPS) is 31.9. The molecule has 168 valence electrons. The first-order valence-electron chi connectivity index (χ1n) is 11.8. The Bertz CT molecular complexity index is 947. The lowest BCUT2D eigenvalue weighted by molar-refractivity contribution is -0.0878. The van der Waals surface area contributed by atoms with Crippen LogP contribution in [0.2, 0.25) is 0 Å². The van der Waals surface area contributed by atoms with Crippen molar-refractivity contribution >= 4 is 11.9 Å². The van der Waals surface area contributed by atoms with Crippen LogP contribution in [0.25, 0.3) is 0 Å². The van der Waals surface area contributed by atoms with E-state index in [0.717, 1.165) is 31.7 Å². The van der Waals surface area contributed by atoms with Crippen molar-refractivity contribution in [1.82, 2.24) is 4.90 Å². The molecule has 5 heteroatoms. The number of carbonyl (C=O) groups is 2. The summed E-state index contributed by atoms with van der Waals surface area (Å²) in [5, 5.41) is 0. The molecule has 1 heterocycles. The van der Waals surface area contributed by atoms with Crippen LogP contribution in [0.3, 0.4) is 0 Å². The molecule has 6 atom stereocenters. The van der Waals surface area contributed by atoms with Gasteiger partial charge in [-0.25, -0.2) is 9.59 Å². The molecule has 0 N–H and O–H groups in total. The van der Waals surface area contributed by atoms with E-state index < -0.39 is 12.2 Å². The molecule has 2 aromatic carbocycles. The molecular weight excluding hydrogens is 402 g/mol. The van der Waals surface area contributed by atoms with E-state index in [1.54, 1.807) is 24.3 Å². The summed E-state index contributed by atoms with van der Waals surface area (Å²) >= 11 is 0. The zero-order valence-corrected chi connectivity index (χ0v) is 18.6. The molecule has 0 radical (unpaired) electrons. The maximum atomic E-state index is 12.8. The maximum absolute atomic E-state index is 12.8. The Hall–Kier alpha value is -2.66. The Labute approximate surface area is 189 Å². The van der Waals surface area contributed by atoms with E-state index >= 15 is 0 Å². The van der Waals surface area contributed by atoms with Gasteiger partial charge in [-0.1, -0.05) is 36.4 Å². The molecule has 3 fully saturated rings. The number of rotatable bonds is 4. The van der Waals surface area contributed by atoms with Crippen LogP contribution in [0.1, 0.15) is 52.8 Å². The molecule has 1 aliphatic heterocycles. The quantitative estimate of drug-likeness (QED) is 0.661. The van der Waals surface area contributed by atoms with E-state index in [2.05, 4.69) is 11.9 Å². The largest absolute Gasteiger partial charge is 0.455 e. The van der Waals surface area contributed by atoms with Crippen LogP contribution < -0.4 is 0 Å². The molecular formula is C27H31NO4. The van der Waals surface area contributed by atoms with Crippen molar-refractivity contribution < 1.29 is 19.1 Å². The number of ether oxygens (including phenoxy) is 2. The fraction of sp³-hybridized carbons (Fsp3) is 0.481. The van der Waals surface area contributed by atoms with E-state index in [1.807, 2.05) is 36.4 Å². The van der Waals surface area contributed by atoms with Crippen molar-refractivity contribution in [1.29, 1.82) is 0 Å². The predicted octanol–water partition coefficient (Wildman–Crippen LogP) is 4.58. The van der Waals surface area contributed by atoms with Gasteiger partial charge in [-0.15, -0.1) is 0 Å². The first-order chi connectivity index (χ1) is 15.6. The van der Waals surface area contributed by atoms with E-state index in [4.69, 9.17) is 9.47 Å². The summed E-state index contributed by atoms with van der Waals surface area (Å²) in [5.74, 6) is 1.06. The summed E-state index contributed by atoms with van der Waals surface area (Å²) < 4.78 is 12.0. The Kier molecular flexibility index (Phi) is 6.01. The lowest BCUT2D eigenvalue weighted by Gasteiger charge is -2.47. The number of carbonyl (C=O) groups excluding carboxylic acids is 2. The summed E-state index contributed by atoms with van der Waals surface area (Å²) in [4.78, 5) is 28.2. The summed E-state index contributed by atoms with van der Waals surface area (Å²) in [7, 11) is 2.23. The second kappa shape index (κ2) is 9.07. The summed E-state index contributed by atoms with van der Waals surface area (Å²) in [6.45, 7) is 1.16. The van der Waals surface area contributed by atoms with Gasteiger partial charge < -0.3 is 14.4 Å². The molecule has 2 aromatic rings. The van der Waals surface area contributed by atoms with Gasteiger partial charge >= 0.3 is 11.9 Å². The van der Waals surface area contributed by atoms with Gasteiger partial charge in [0.15, 0.2) is 0 Å². The second-order valence-electron chi connectivity index (χ2n) is 9.68. The fourth-order valence-electron chi connectivity index (χ4n) is 6.10. The third-order valence-corrected chi connectivity index (χ3v) is 7.80. The molecule has 5 rings (SSSR count). The number of hydrogen-bond acceptors (Lipinski definition) is 5. The lowest BCUT2D eigenvalue weighted by Crippen LogP contribution is -2.49. The van der Waals surface area contributed by atoms with E-state index in [1.165, 1.54) is 12.8 Å². The maximum Gasteiger partial charge on any atom is 0.338 e. The Morgan fingerprint density at radius 2 is 1.22 bits per heavy atom. The van der Waals surface area contributed by atoms with Crippen LogP contribution >= 0.6 is 0 Å². The van der Waals surface area contributed by atoms with E-state index in [9.17, 15) is 9.59 Å². The van der Waals surface area contributed by atoms with Crippen molar-refractivity contribution in [2.24, 2.45) is 17.8 Å². The lowest BCUT2D eigenvalue weighted by atomic mass is 9.64. The highest BCUT2D eigenvalue weighted by Gasteiger charge is 2.48. The van der Waals surface area contributed by atoms with Crippen molar-refractivity contribution in [2.45, 2.75) is 50.4 Å². The number of hydrogen-bond donors (Lipinski definition) is 0. The highest BCUT2D eigenvalue weighted by Crippen LogP contribution is 2.48. The summed E-state index contributed by atoms with van der Waals surface area (Å²) in [5.41, 5.74) is 1.06. The van der Waals surface area contributed by atoms with E-state index in [0.29, 0.717) is 29.0 Å². The first kappa shape index (κ1) is 21.2. The summed E-state index contributed by atoms with van der Waals surface area (Å²) in [6.07, 6.45) is 4.27. The monoisotopic (exact) mass is 433 g/mol. The van der Waals surface area contributed by atoms with Crippen molar-refractivity contribution in [3.05, 3.63) is 71.8 Å². The minimum Gasteiger partial charge on any atom is -0.455 e. The van der Waals surface area contributed by atoms with Crippen LogP contribution in [0, 0.1) is 17.8 Å². The SMILES string of the molecule is CN1CCC2CC3CC(OC(=O)c4ccccc4)C(OC(=O)c4ccccc4)CC3CC21. The average Bonchev–Trinajstić information content (AvgIpc) is 3.18. The van der Waals surface area contributed by atoms with E-state index in [-0.39, 0.29) is 11.9 Å². The molecule has 2 saturated carbocycles. The first-order valence-corrected chi connectivity index (χ1v) is 11.8.